The summed E-state index contributed by atoms with van der Waals surface area (Å²) in [7, 11) is 0. The maximum atomic E-state index is 13.5. The molecule has 1 aliphatic heterocycles. The van der Waals surface area contributed by atoms with Crippen molar-refractivity contribution in [3.8, 4) is 11.8 Å². The lowest BCUT2D eigenvalue weighted by Crippen LogP contribution is -2.42. The Morgan fingerprint density at radius 1 is 1.30 bits per heavy atom. The Labute approximate surface area is 239 Å². The first-order valence-corrected chi connectivity index (χ1v) is 14.5. The van der Waals surface area contributed by atoms with Crippen LogP contribution in [0.4, 0.5) is 10.8 Å². The van der Waals surface area contributed by atoms with Crippen molar-refractivity contribution < 1.29 is 18.7 Å². The first-order chi connectivity index (χ1) is 19.2. The monoisotopic (exact) mass is 576 g/mol. The third-order valence-corrected chi connectivity index (χ3v) is 8.61. The Morgan fingerprint density at radius 3 is 2.75 bits per heavy atom. The summed E-state index contributed by atoms with van der Waals surface area (Å²) in [4.78, 5) is 27.7. The average molecular weight is 577 g/mol. The summed E-state index contributed by atoms with van der Waals surface area (Å²) in [5.74, 6) is 0.614. The van der Waals surface area contributed by atoms with Crippen molar-refractivity contribution in [1.29, 1.82) is 5.26 Å². The van der Waals surface area contributed by atoms with Gasteiger partial charge in [0.05, 0.1) is 36.2 Å². The average Bonchev–Trinajstić information content (AvgIpc) is 3.60. The number of ether oxygens (including phenoxy) is 1. The number of nitrogens with two attached hydrogens (primary N) is 1. The van der Waals surface area contributed by atoms with Crippen molar-refractivity contribution in [2.45, 2.75) is 43.9 Å². The van der Waals surface area contributed by atoms with Gasteiger partial charge in [-0.15, -0.1) is 10.2 Å². The van der Waals surface area contributed by atoms with E-state index in [2.05, 4.69) is 21.6 Å². The molecule has 1 amide bonds. The van der Waals surface area contributed by atoms with Crippen LogP contribution in [0.15, 0.2) is 74.1 Å². The zero-order valence-corrected chi connectivity index (χ0v) is 23.9. The van der Waals surface area contributed by atoms with Crippen LogP contribution >= 0.6 is 23.1 Å². The van der Waals surface area contributed by atoms with Crippen molar-refractivity contribution >= 4 is 45.6 Å². The summed E-state index contributed by atoms with van der Waals surface area (Å²) >= 11 is 2.49. The maximum Gasteiger partial charge on any atom is 0.234 e. The van der Waals surface area contributed by atoms with Crippen LogP contribution in [-0.4, -0.2) is 34.2 Å². The standard InChI is InChI=1S/C28H28N6O4S2/c1-4-37-17-9-7-16(8-10-17)31-22(36)15-39-27-33-32-26(40-27)34-19-12-28(2,3)13-20(35)24(19)23(18(14-29)25(34)30)21-6-5-11-38-21/h5-11,23H,4,12-13,15,30H2,1-3H3,(H,31,36). The smallest absolute Gasteiger partial charge is 0.234 e. The molecule has 0 saturated heterocycles. The predicted molar refractivity (Wildman–Crippen MR) is 153 cm³/mol. The predicted octanol–water partition coefficient (Wildman–Crippen LogP) is 5.20. The molecule has 1 atom stereocenters. The molecule has 0 saturated carbocycles. The van der Waals surface area contributed by atoms with E-state index in [4.69, 9.17) is 14.9 Å². The lowest BCUT2D eigenvalue weighted by atomic mass is 9.69. The van der Waals surface area contributed by atoms with Crippen molar-refractivity contribution in [3.63, 3.8) is 0 Å². The highest BCUT2D eigenvalue weighted by Gasteiger charge is 2.46. The molecule has 0 fully saturated rings. The van der Waals surface area contributed by atoms with Gasteiger partial charge in [-0.3, -0.25) is 14.5 Å². The quantitative estimate of drug-likeness (QED) is 0.343. The molecule has 3 aromatic rings. The Kier molecular flexibility index (Phi) is 7.69. The molecule has 40 heavy (non-hydrogen) atoms. The summed E-state index contributed by atoms with van der Waals surface area (Å²) in [6, 6.07) is 12.8. The summed E-state index contributed by atoms with van der Waals surface area (Å²) < 4.78 is 11.6. The van der Waals surface area contributed by atoms with Gasteiger partial charge in [-0.1, -0.05) is 36.9 Å². The molecule has 1 aliphatic carbocycles. The van der Waals surface area contributed by atoms with Crippen molar-refractivity contribution in [1.82, 2.24) is 10.2 Å². The normalized spacial score (nSPS) is 18.4. The number of nitrogens with zero attached hydrogens (tertiary/aromatic N) is 4. The minimum Gasteiger partial charge on any atom is -0.494 e. The molecule has 1 aromatic carbocycles. The van der Waals surface area contributed by atoms with Crippen molar-refractivity contribution in [3.05, 3.63) is 71.1 Å². The number of furan rings is 1. The summed E-state index contributed by atoms with van der Waals surface area (Å²) in [6.07, 6.45) is 2.41. The molecule has 2 aliphatic rings. The second-order valence-corrected chi connectivity index (χ2v) is 12.3. The highest BCUT2D eigenvalue weighted by atomic mass is 32.2. The number of ketones is 1. The Bertz CT molecular complexity index is 1530. The van der Waals surface area contributed by atoms with Gasteiger partial charge >= 0.3 is 0 Å². The van der Waals surface area contributed by atoms with Crippen molar-refractivity contribution in [2.24, 2.45) is 11.1 Å². The number of nitriles is 1. The van der Waals surface area contributed by atoms with Crippen LogP contribution in [0, 0.1) is 16.7 Å². The van der Waals surface area contributed by atoms with E-state index in [-0.39, 0.29) is 34.3 Å². The lowest BCUT2D eigenvalue weighted by Gasteiger charge is -2.42. The van der Waals surface area contributed by atoms with Gasteiger partial charge in [0.25, 0.3) is 0 Å². The zero-order chi connectivity index (χ0) is 28.4. The number of allylic oxidation sites excluding steroid dienone is 3. The van der Waals surface area contributed by atoms with Crippen LogP contribution in [0.25, 0.3) is 0 Å². The molecular weight excluding hydrogens is 548 g/mol. The van der Waals surface area contributed by atoms with Gasteiger partial charge in [-0.2, -0.15) is 5.26 Å². The van der Waals surface area contributed by atoms with Crippen LogP contribution in [0.3, 0.4) is 0 Å². The molecule has 1 unspecified atom stereocenters. The molecule has 3 heterocycles. The van der Waals surface area contributed by atoms with Gasteiger partial charge in [0.15, 0.2) is 10.1 Å². The highest BCUT2D eigenvalue weighted by molar-refractivity contribution is 8.01. The number of Topliss-reactive ketones (excluding diaryl/α,β-unsaturated/α-hetero) is 1. The third kappa shape index (κ3) is 5.48. The van der Waals surface area contributed by atoms with Gasteiger partial charge in [0.2, 0.25) is 11.0 Å². The highest BCUT2D eigenvalue weighted by Crippen LogP contribution is 2.50. The molecule has 3 N–H and O–H groups in total. The molecule has 0 bridgehead atoms. The van der Waals surface area contributed by atoms with E-state index in [0.29, 0.717) is 51.6 Å². The van der Waals surface area contributed by atoms with Crippen LogP contribution in [0.1, 0.15) is 45.3 Å². The number of anilines is 2. The van der Waals surface area contributed by atoms with E-state index in [1.165, 1.54) is 29.4 Å². The van der Waals surface area contributed by atoms with E-state index >= 15 is 0 Å². The van der Waals surface area contributed by atoms with Crippen LogP contribution in [-0.2, 0) is 9.59 Å². The van der Waals surface area contributed by atoms with Crippen LogP contribution in [0.5, 0.6) is 5.75 Å². The molecule has 206 valence electrons. The first kappa shape index (κ1) is 27.5. The summed E-state index contributed by atoms with van der Waals surface area (Å²) in [5, 5.41) is 22.0. The van der Waals surface area contributed by atoms with Crippen LogP contribution in [0.2, 0.25) is 0 Å². The first-order valence-electron chi connectivity index (χ1n) is 12.7. The molecule has 0 spiro atoms. The van der Waals surface area contributed by atoms with Gasteiger partial charge in [0, 0.05) is 23.4 Å². The Morgan fingerprint density at radius 2 is 2.08 bits per heavy atom. The lowest BCUT2D eigenvalue weighted by molar-refractivity contribution is -0.118. The van der Waals surface area contributed by atoms with E-state index in [9.17, 15) is 14.9 Å². The third-order valence-electron chi connectivity index (χ3n) is 6.57. The maximum absolute atomic E-state index is 13.5. The topological polar surface area (TPSA) is 147 Å². The van der Waals surface area contributed by atoms with Gasteiger partial charge < -0.3 is 20.2 Å². The number of carbonyl (C=O) groups is 2. The number of thioether (sulfide) groups is 1. The molecule has 2 aromatic heterocycles. The Hall–Kier alpha value is -4.08. The van der Waals surface area contributed by atoms with Crippen LogP contribution < -0.4 is 20.7 Å². The Balaban J connectivity index is 1.38. The van der Waals surface area contributed by atoms with E-state index in [0.717, 1.165) is 5.75 Å². The largest absolute Gasteiger partial charge is 0.494 e. The number of amides is 1. The van der Waals surface area contributed by atoms with Crippen molar-refractivity contribution in [2.75, 3.05) is 22.6 Å². The number of hydrogen-bond donors (Lipinski definition) is 2. The number of nitrogens with one attached hydrogen (secondary N) is 1. The minimum absolute atomic E-state index is 0.0528. The summed E-state index contributed by atoms with van der Waals surface area (Å²) in [6.45, 7) is 6.53. The van der Waals surface area contributed by atoms with E-state index in [1.807, 2.05) is 20.8 Å². The summed E-state index contributed by atoms with van der Waals surface area (Å²) in [5.41, 5.74) is 8.37. The fraction of sp³-hybridized carbons (Fsp3) is 0.321. The van der Waals surface area contributed by atoms with Gasteiger partial charge in [-0.05, 0) is 55.2 Å². The number of hydrogen-bond acceptors (Lipinski definition) is 11. The van der Waals surface area contributed by atoms with E-state index < -0.39 is 5.92 Å². The second kappa shape index (κ2) is 11.2. The van der Waals surface area contributed by atoms with E-state index in [1.54, 1.807) is 41.3 Å². The minimum atomic E-state index is -0.678. The number of benzene rings is 1. The van der Waals surface area contributed by atoms with Gasteiger partial charge in [-0.25, -0.2) is 0 Å². The zero-order valence-electron chi connectivity index (χ0n) is 22.3. The molecule has 5 rings (SSSR count). The second-order valence-electron chi connectivity index (χ2n) is 10.1. The van der Waals surface area contributed by atoms with Gasteiger partial charge in [0.1, 0.15) is 17.3 Å². The number of rotatable bonds is 8. The SMILES string of the molecule is CCOc1ccc(NC(=O)CSc2nnc(N3C(N)=C(C#N)C(c4ccco4)C4=C3CC(C)(C)CC4=O)s2)cc1. The number of aromatic nitrogens is 2. The number of carbonyl (C=O) groups excluding carboxylic acids is 2. The molecule has 12 heteroatoms. The molecule has 0 radical (unpaired) electrons. The molecular formula is C28H28N6O4S2. The molecule has 10 nitrogen and oxygen atoms in total. The fourth-order valence-corrected chi connectivity index (χ4v) is 6.62. The fourth-order valence-electron chi connectivity index (χ4n) is 4.94.